The van der Waals surface area contributed by atoms with E-state index in [0.29, 0.717) is 29.0 Å². The number of anilines is 1. The lowest BCUT2D eigenvalue weighted by molar-refractivity contribution is -0.118. The van der Waals surface area contributed by atoms with Crippen molar-refractivity contribution in [2.75, 3.05) is 4.90 Å². The highest BCUT2D eigenvalue weighted by atomic mass is 35.5. The summed E-state index contributed by atoms with van der Waals surface area (Å²) in [4.78, 5) is 24.1. The van der Waals surface area contributed by atoms with Crippen LogP contribution < -0.4 is 4.90 Å². The largest absolute Gasteiger partial charge is 0.282 e. The van der Waals surface area contributed by atoms with Crippen LogP contribution in [0, 0.1) is 0 Å². The molecule has 4 rings (SSSR count). The summed E-state index contributed by atoms with van der Waals surface area (Å²) in [6, 6.07) is 19.6. The summed E-state index contributed by atoms with van der Waals surface area (Å²) in [5.41, 5.74) is 3.78. The van der Waals surface area contributed by atoms with E-state index in [2.05, 4.69) is 35.9 Å². The minimum atomic E-state index is -0.0203. The lowest BCUT2D eigenvalue weighted by Crippen LogP contribution is -2.32. The second-order valence-corrected chi connectivity index (χ2v) is 8.87. The molecule has 0 saturated heterocycles. The molecule has 6 heteroatoms. The Balaban J connectivity index is 1.65. The number of nitrogens with zero attached hydrogens (tertiary/aromatic N) is 3. The standard InChI is InChI=1S/C24H22ClN3OS/c1-16(2)18-11-9-17(10-12-18)14-22(29)28(15-19-6-3-4-13-26-19)24-27-23-20(25)7-5-8-21(23)30-24/h3-13,16H,14-15H2,1-2H3. The Kier molecular flexibility index (Phi) is 6.11. The first-order valence-electron chi connectivity index (χ1n) is 9.85. The van der Waals surface area contributed by atoms with Crippen molar-refractivity contribution in [3.8, 4) is 0 Å². The molecule has 2 aromatic carbocycles. The number of carbonyl (C=O) groups excluding carboxylic acids is 1. The molecule has 0 N–H and O–H groups in total. The van der Waals surface area contributed by atoms with Crippen molar-refractivity contribution >= 4 is 44.2 Å². The number of benzene rings is 2. The molecule has 0 bridgehead atoms. The number of hydrogen-bond donors (Lipinski definition) is 0. The number of thiazole rings is 1. The first-order valence-corrected chi connectivity index (χ1v) is 11.0. The first kappa shape index (κ1) is 20.5. The van der Waals surface area contributed by atoms with Crippen molar-refractivity contribution < 1.29 is 4.79 Å². The van der Waals surface area contributed by atoms with Crippen LogP contribution >= 0.6 is 22.9 Å². The number of hydrogen-bond acceptors (Lipinski definition) is 4. The third-order valence-electron chi connectivity index (χ3n) is 4.94. The van der Waals surface area contributed by atoms with Crippen LogP contribution in [0.15, 0.2) is 66.9 Å². The van der Waals surface area contributed by atoms with Crippen molar-refractivity contribution in [2.45, 2.75) is 32.7 Å². The van der Waals surface area contributed by atoms with Gasteiger partial charge in [-0.15, -0.1) is 0 Å². The number of aromatic nitrogens is 2. The van der Waals surface area contributed by atoms with Gasteiger partial charge >= 0.3 is 0 Å². The van der Waals surface area contributed by atoms with Crippen LogP contribution in [0.2, 0.25) is 5.02 Å². The minimum absolute atomic E-state index is 0.0203. The summed E-state index contributed by atoms with van der Waals surface area (Å²) >= 11 is 7.78. The van der Waals surface area contributed by atoms with Gasteiger partial charge in [0.1, 0.15) is 5.52 Å². The molecule has 152 valence electrons. The average Bonchev–Trinajstić information content (AvgIpc) is 3.18. The summed E-state index contributed by atoms with van der Waals surface area (Å²) in [7, 11) is 0. The lowest BCUT2D eigenvalue weighted by atomic mass is 10.0. The highest BCUT2D eigenvalue weighted by Gasteiger charge is 2.21. The van der Waals surface area contributed by atoms with Gasteiger partial charge in [0.2, 0.25) is 5.91 Å². The SMILES string of the molecule is CC(C)c1ccc(CC(=O)N(Cc2ccccn2)c2nc3c(Cl)cccc3s2)cc1. The quantitative estimate of drug-likeness (QED) is 0.360. The Morgan fingerprint density at radius 2 is 1.87 bits per heavy atom. The predicted octanol–water partition coefficient (Wildman–Crippen LogP) is 6.24. The normalized spacial score (nSPS) is 11.2. The van der Waals surface area contributed by atoms with Gasteiger partial charge in [0.25, 0.3) is 0 Å². The second-order valence-electron chi connectivity index (χ2n) is 7.46. The van der Waals surface area contributed by atoms with Gasteiger partial charge in [-0.25, -0.2) is 4.98 Å². The van der Waals surface area contributed by atoms with Crippen molar-refractivity contribution in [1.29, 1.82) is 0 Å². The molecule has 0 unspecified atom stereocenters. The Labute approximate surface area is 185 Å². The summed E-state index contributed by atoms with van der Waals surface area (Å²) in [6.07, 6.45) is 2.03. The highest BCUT2D eigenvalue weighted by molar-refractivity contribution is 7.22. The molecule has 2 heterocycles. The minimum Gasteiger partial charge on any atom is -0.282 e. The molecule has 0 aliphatic heterocycles. The van der Waals surface area contributed by atoms with E-state index < -0.39 is 0 Å². The van der Waals surface area contributed by atoms with Crippen molar-refractivity contribution in [1.82, 2.24) is 9.97 Å². The van der Waals surface area contributed by atoms with Crippen molar-refractivity contribution in [3.05, 3.63) is 88.7 Å². The molecule has 30 heavy (non-hydrogen) atoms. The fourth-order valence-corrected chi connectivity index (χ4v) is 4.51. The van der Waals surface area contributed by atoms with E-state index >= 15 is 0 Å². The van der Waals surface area contributed by atoms with E-state index in [9.17, 15) is 4.79 Å². The summed E-state index contributed by atoms with van der Waals surface area (Å²) < 4.78 is 0.956. The van der Waals surface area contributed by atoms with E-state index in [1.807, 2.05) is 48.5 Å². The highest BCUT2D eigenvalue weighted by Crippen LogP contribution is 2.33. The molecule has 0 saturated carbocycles. The maximum atomic E-state index is 13.3. The van der Waals surface area contributed by atoms with Gasteiger partial charge in [-0.05, 0) is 41.3 Å². The van der Waals surface area contributed by atoms with Crippen LogP contribution in [0.4, 0.5) is 5.13 Å². The third kappa shape index (κ3) is 4.53. The smallest absolute Gasteiger partial charge is 0.233 e. The van der Waals surface area contributed by atoms with Crippen molar-refractivity contribution in [3.63, 3.8) is 0 Å². The fourth-order valence-electron chi connectivity index (χ4n) is 3.23. The molecule has 4 nitrogen and oxygen atoms in total. The number of amides is 1. The summed E-state index contributed by atoms with van der Waals surface area (Å²) in [5, 5.41) is 1.22. The van der Waals surface area contributed by atoms with Crippen LogP contribution in [0.25, 0.3) is 10.2 Å². The van der Waals surface area contributed by atoms with Crippen LogP contribution in [0.5, 0.6) is 0 Å². The van der Waals surface area contributed by atoms with E-state index in [4.69, 9.17) is 11.6 Å². The van der Waals surface area contributed by atoms with Crippen molar-refractivity contribution in [2.24, 2.45) is 0 Å². The Hall–Kier alpha value is -2.76. The maximum absolute atomic E-state index is 13.3. The van der Waals surface area contributed by atoms with Gasteiger partial charge in [0.15, 0.2) is 5.13 Å². The molecular weight excluding hydrogens is 414 g/mol. The third-order valence-corrected chi connectivity index (χ3v) is 6.29. The molecule has 2 aromatic heterocycles. The molecule has 1 amide bonds. The Morgan fingerprint density at radius 1 is 1.07 bits per heavy atom. The molecule has 0 aliphatic rings. The number of fused-ring (bicyclic) bond motifs is 1. The van der Waals surface area contributed by atoms with Gasteiger partial charge in [-0.3, -0.25) is 14.7 Å². The molecule has 0 aliphatic carbocycles. The molecule has 4 aromatic rings. The molecule has 0 radical (unpaired) electrons. The number of carbonyl (C=O) groups is 1. The number of para-hydroxylation sites is 1. The zero-order chi connectivity index (χ0) is 21.1. The number of rotatable bonds is 6. The topological polar surface area (TPSA) is 46.1 Å². The Bertz CT molecular complexity index is 1160. The zero-order valence-corrected chi connectivity index (χ0v) is 18.5. The lowest BCUT2D eigenvalue weighted by Gasteiger charge is -2.20. The van der Waals surface area contributed by atoms with Gasteiger partial charge in [0.05, 0.1) is 28.4 Å². The average molecular weight is 436 g/mol. The first-order chi connectivity index (χ1) is 14.5. The predicted molar refractivity (Wildman–Crippen MR) is 124 cm³/mol. The Morgan fingerprint density at radius 3 is 2.53 bits per heavy atom. The van der Waals surface area contributed by atoms with Crippen LogP contribution in [0.1, 0.15) is 36.6 Å². The molecule has 0 spiro atoms. The van der Waals surface area contributed by atoms with Gasteiger partial charge in [-0.1, -0.05) is 73.2 Å². The van der Waals surface area contributed by atoms with E-state index in [1.165, 1.54) is 16.9 Å². The van der Waals surface area contributed by atoms with Crippen LogP contribution in [0.3, 0.4) is 0 Å². The molecular formula is C24H22ClN3OS. The summed E-state index contributed by atoms with van der Waals surface area (Å²) in [6.45, 7) is 4.68. The molecule has 0 fully saturated rings. The maximum Gasteiger partial charge on any atom is 0.233 e. The summed E-state index contributed by atoms with van der Waals surface area (Å²) in [5.74, 6) is 0.441. The monoisotopic (exact) mass is 435 g/mol. The number of halogens is 1. The zero-order valence-electron chi connectivity index (χ0n) is 16.9. The number of pyridine rings is 1. The second kappa shape index (κ2) is 8.94. The van der Waals surface area contributed by atoms with Gasteiger partial charge in [-0.2, -0.15) is 0 Å². The van der Waals surface area contributed by atoms with E-state index in [0.717, 1.165) is 21.5 Å². The van der Waals surface area contributed by atoms with Crippen LogP contribution in [-0.4, -0.2) is 15.9 Å². The van der Waals surface area contributed by atoms with Gasteiger partial charge < -0.3 is 0 Å². The van der Waals surface area contributed by atoms with Gasteiger partial charge in [0, 0.05) is 6.20 Å². The van der Waals surface area contributed by atoms with Crippen LogP contribution in [-0.2, 0) is 17.8 Å². The van der Waals surface area contributed by atoms with E-state index in [-0.39, 0.29) is 5.91 Å². The fraction of sp³-hybridized carbons (Fsp3) is 0.208. The molecule has 0 atom stereocenters. The van der Waals surface area contributed by atoms with E-state index in [1.54, 1.807) is 11.1 Å².